The standard InChI is InChI=1S/C10H10Br2O2.C9H8O4/c1-6-3-4-7(10(13)14-2)8(5-6)9(11)12;1-13-9(12)8-3-2-7(11)4-6(8)5-10/h3-5,9H,1-2H3;2-5,11H,1H3. The zero-order valence-corrected chi connectivity index (χ0v) is 18.0. The molecule has 0 aromatic heterocycles. The first-order valence-electron chi connectivity index (χ1n) is 7.58. The van der Waals surface area contributed by atoms with Crippen LogP contribution in [0, 0.1) is 6.92 Å². The minimum absolute atomic E-state index is 0.0380. The van der Waals surface area contributed by atoms with E-state index in [4.69, 9.17) is 5.11 Å². The highest BCUT2D eigenvalue weighted by atomic mass is 79.9. The second-order valence-corrected chi connectivity index (χ2v) is 8.32. The van der Waals surface area contributed by atoms with Gasteiger partial charge in [-0.25, -0.2) is 9.59 Å². The Morgan fingerprint density at radius 3 is 2.07 bits per heavy atom. The predicted molar refractivity (Wildman–Crippen MR) is 108 cm³/mol. The molecular weight excluding hydrogens is 484 g/mol. The molecule has 144 valence electrons. The van der Waals surface area contributed by atoms with Gasteiger partial charge in [0, 0.05) is 5.56 Å². The SMILES string of the molecule is COC(=O)c1ccc(C)cc1C(Br)Br.COC(=O)c1ccc(O)cc1C=O. The van der Waals surface area contributed by atoms with E-state index in [1.54, 1.807) is 6.07 Å². The third-order valence-electron chi connectivity index (χ3n) is 3.41. The van der Waals surface area contributed by atoms with E-state index in [0.29, 0.717) is 11.8 Å². The Bertz CT molecular complexity index is 833. The number of rotatable bonds is 4. The second kappa shape index (κ2) is 10.8. The van der Waals surface area contributed by atoms with Gasteiger partial charge in [0.15, 0.2) is 6.29 Å². The third-order valence-corrected chi connectivity index (χ3v) is 4.40. The van der Waals surface area contributed by atoms with Crippen LogP contribution in [0.4, 0.5) is 0 Å². The smallest absolute Gasteiger partial charge is 0.338 e. The molecule has 2 rings (SSSR count). The molecule has 8 heteroatoms. The van der Waals surface area contributed by atoms with Crippen molar-refractivity contribution in [3.05, 3.63) is 64.2 Å². The summed E-state index contributed by atoms with van der Waals surface area (Å²) in [5, 5.41) is 9.01. The number of carbonyl (C=O) groups is 3. The molecule has 0 aliphatic carbocycles. The molecule has 27 heavy (non-hydrogen) atoms. The van der Waals surface area contributed by atoms with Crippen molar-refractivity contribution in [1.29, 1.82) is 0 Å². The summed E-state index contributed by atoms with van der Waals surface area (Å²) in [6.45, 7) is 1.98. The van der Waals surface area contributed by atoms with Crippen molar-refractivity contribution in [3.8, 4) is 5.75 Å². The maximum Gasteiger partial charge on any atom is 0.338 e. The second-order valence-electron chi connectivity index (χ2n) is 5.26. The molecule has 0 saturated heterocycles. The fourth-order valence-corrected chi connectivity index (χ4v) is 2.86. The Labute approximate surface area is 173 Å². The van der Waals surface area contributed by atoms with E-state index in [1.165, 1.54) is 32.4 Å². The van der Waals surface area contributed by atoms with Crippen molar-refractivity contribution in [2.45, 2.75) is 10.7 Å². The molecular formula is C19H18Br2O6. The van der Waals surface area contributed by atoms with Gasteiger partial charge in [0.05, 0.1) is 29.1 Å². The number of esters is 2. The number of alkyl halides is 2. The minimum atomic E-state index is -0.595. The van der Waals surface area contributed by atoms with E-state index in [0.717, 1.165) is 11.1 Å². The van der Waals surface area contributed by atoms with E-state index < -0.39 is 5.97 Å². The highest BCUT2D eigenvalue weighted by Gasteiger charge is 2.15. The van der Waals surface area contributed by atoms with Crippen LogP contribution in [-0.2, 0) is 9.47 Å². The van der Waals surface area contributed by atoms with Gasteiger partial charge in [-0.1, -0.05) is 49.6 Å². The number of halogens is 2. The summed E-state index contributed by atoms with van der Waals surface area (Å²) in [5.41, 5.74) is 2.84. The molecule has 2 aromatic rings. The average molecular weight is 502 g/mol. The third kappa shape index (κ3) is 6.48. The van der Waals surface area contributed by atoms with Gasteiger partial charge >= 0.3 is 11.9 Å². The lowest BCUT2D eigenvalue weighted by Gasteiger charge is -2.09. The monoisotopic (exact) mass is 500 g/mol. The Morgan fingerprint density at radius 2 is 1.56 bits per heavy atom. The van der Waals surface area contributed by atoms with Gasteiger partial charge in [0.25, 0.3) is 0 Å². The number of phenols is 1. The number of aromatic hydroxyl groups is 1. The number of hydrogen-bond donors (Lipinski definition) is 1. The molecule has 0 saturated carbocycles. The Hall–Kier alpha value is -2.19. The summed E-state index contributed by atoms with van der Waals surface area (Å²) in [6.07, 6.45) is 0.492. The lowest BCUT2D eigenvalue weighted by molar-refractivity contribution is 0.0590. The lowest BCUT2D eigenvalue weighted by Crippen LogP contribution is -2.05. The number of aldehydes is 1. The first-order chi connectivity index (χ1) is 12.7. The van der Waals surface area contributed by atoms with Crippen molar-refractivity contribution in [3.63, 3.8) is 0 Å². The minimum Gasteiger partial charge on any atom is -0.508 e. The quantitative estimate of drug-likeness (QED) is 0.375. The fraction of sp³-hybridized carbons (Fsp3) is 0.211. The average Bonchev–Trinajstić information content (AvgIpc) is 2.66. The molecule has 0 fully saturated rings. The number of methoxy groups -OCH3 is 2. The highest BCUT2D eigenvalue weighted by molar-refractivity contribution is 9.24. The molecule has 0 heterocycles. The fourth-order valence-electron chi connectivity index (χ4n) is 2.10. The van der Waals surface area contributed by atoms with Crippen LogP contribution in [-0.4, -0.2) is 37.6 Å². The molecule has 0 atom stereocenters. The predicted octanol–water partition coefficient (Wildman–Crippen LogP) is 4.56. The van der Waals surface area contributed by atoms with Crippen LogP contribution >= 0.6 is 31.9 Å². The summed E-state index contributed by atoms with van der Waals surface area (Å²) in [7, 11) is 2.60. The number of hydrogen-bond acceptors (Lipinski definition) is 6. The summed E-state index contributed by atoms with van der Waals surface area (Å²) in [4.78, 5) is 32.9. The lowest BCUT2D eigenvalue weighted by atomic mass is 10.1. The maximum atomic E-state index is 11.4. The van der Waals surface area contributed by atoms with Gasteiger partial charge in [-0.15, -0.1) is 0 Å². The van der Waals surface area contributed by atoms with Crippen molar-refractivity contribution in [2.24, 2.45) is 0 Å². The first kappa shape index (κ1) is 22.9. The molecule has 2 aromatic carbocycles. The molecule has 0 radical (unpaired) electrons. The zero-order chi connectivity index (χ0) is 20.6. The number of benzene rings is 2. The topological polar surface area (TPSA) is 89.9 Å². The van der Waals surface area contributed by atoms with Crippen LogP contribution in [0.3, 0.4) is 0 Å². The van der Waals surface area contributed by atoms with E-state index in [-0.39, 0.29) is 26.6 Å². The maximum absolute atomic E-state index is 11.4. The Balaban J connectivity index is 0.000000271. The summed E-state index contributed by atoms with van der Waals surface area (Å²) in [5.74, 6) is -0.972. The molecule has 0 bridgehead atoms. The van der Waals surface area contributed by atoms with Crippen LogP contribution < -0.4 is 0 Å². The summed E-state index contributed by atoms with van der Waals surface area (Å²) >= 11 is 6.75. The van der Waals surface area contributed by atoms with E-state index in [2.05, 4.69) is 41.3 Å². The van der Waals surface area contributed by atoms with Crippen LogP contribution in [0.5, 0.6) is 5.75 Å². The van der Waals surface area contributed by atoms with E-state index in [9.17, 15) is 14.4 Å². The molecule has 0 aliphatic rings. The molecule has 0 spiro atoms. The number of aryl methyl sites for hydroxylation is 1. The van der Waals surface area contributed by atoms with Crippen molar-refractivity contribution >= 4 is 50.1 Å². The van der Waals surface area contributed by atoms with E-state index >= 15 is 0 Å². The van der Waals surface area contributed by atoms with Gasteiger partial charge in [0.2, 0.25) is 0 Å². The van der Waals surface area contributed by atoms with Crippen LogP contribution in [0.2, 0.25) is 0 Å². The van der Waals surface area contributed by atoms with Crippen LogP contribution in [0.15, 0.2) is 36.4 Å². The van der Waals surface area contributed by atoms with Crippen LogP contribution in [0.1, 0.15) is 45.9 Å². The van der Waals surface area contributed by atoms with E-state index in [1.807, 2.05) is 19.1 Å². The van der Waals surface area contributed by atoms with Crippen molar-refractivity contribution in [2.75, 3.05) is 14.2 Å². The number of ether oxygens (including phenoxy) is 2. The van der Waals surface area contributed by atoms with Gasteiger partial charge in [-0.3, -0.25) is 4.79 Å². The normalized spacial score (nSPS) is 9.85. The van der Waals surface area contributed by atoms with Gasteiger partial charge in [-0.05, 0) is 36.8 Å². The van der Waals surface area contributed by atoms with Gasteiger partial charge in [0.1, 0.15) is 5.75 Å². The van der Waals surface area contributed by atoms with Crippen molar-refractivity contribution in [1.82, 2.24) is 0 Å². The Kier molecular flexibility index (Phi) is 9.17. The number of phenolic OH excluding ortho intramolecular Hbond substituents is 1. The number of carbonyl (C=O) groups excluding carboxylic acids is 3. The molecule has 6 nitrogen and oxygen atoms in total. The Morgan fingerprint density at radius 1 is 1.00 bits per heavy atom. The van der Waals surface area contributed by atoms with Gasteiger partial charge in [-0.2, -0.15) is 0 Å². The van der Waals surface area contributed by atoms with Gasteiger partial charge < -0.3 is 14.6 Å². The van der Waals surface area contributed by atoms with Crippen LogP contribution in [0.25, 0.3) is 0 Å². The molecule has 0 unspecified atom stereocenters. The van der Waals surface area contributed by atoms with Crippen molar-refractivity contribution < 1.29 is 29.0 Å². The molecule has 1 N–H and O–H groups in total. The molecule has 0 amide bonds. The highest BCUT2D eigenvalue weighted by Crippen LogP contribution is 2.32. The zero-order valence-electron chi connectivity index (χ0n) is 14.9. The summed E-state index contributed by atoms with van der Waals surface area (Å²) in [6, 6.07) is 9.47. The largest absolute Gasteiger partial charge is 0.508 e. The first-order valence-corrected chi connectivity index (χ1v) is 9.41. The summed E-state index contributed by atoms with van der Waals surface area (Å²) < 4.78 is 9.09. The molecule has 0 aliphatic heterocycles.